The highest BCUT2D eigenvalue weighted by Crippen LogP contribution is 2.19. The third-order valence-electron chi connectivity index (χ3n) is 9.91. The lowest BCUT2D eigenvalue weighted by atomic mass is 10.0. The summed E-state index contributed by atoms with van der Waals surface area (Å²) in [6.45, 7) is 4.80. The number of nitrogens with one attached hydrogen (secondary N) is 1. The number of esters is 1. The standard InChI is InChI=1S/C47H84N2O5/c1-3-5-7-9-11-12-13-14-15-16-17-18-19-20-21-22-23-24-25-26-27-29-35-41-46(51)54-43(37-32-28-10-8-6-4-2)38-33-30-31-34-40-45(50)49-44(47(52)53)39-36-42-48/h5,7,11-12,14-15,17-18,43-44H,3-4,6,8-10,13,16,19-42,48H2,1-2H3,(H,49,50)(H,52,53)/b7-5-,12-11-,15-14-,18-17-. The molecule has 312 valence electrons. The second kappa shape index (κ2) is 41.5. The summed E-state index contributed by atoms with van der Waals surface area (Å²) < 4.78 is 5.99. The second-order valence-corrected chi connectivity index (χ2v) is 15.1. The van der Waals surface area contributed by atoms with Crippen LogP contribution in [0.1, 0.15) is 213 Å². The first-order valence-corrected chi connectivity index (χ1v) is 22.5. The van der Waals surface area contributed by atoms with Crippen molar-refractivity contribution >= 4 is 17.8 Å². The third kappa shape index (κ3) is 37.6. The van der Waals surface area contributed by atoms with Gasteiger partial charge in [-0.15, -0.1) is 0 Å². The van der Waals surface area contributed by atoms with Crippen LogP contribution in [0.3, 0.4) is 0 Å². The average Bonchev–Trinajstić information content (AvgIpc) is 3.16. The van der Waals surface area contributed by atoms with Crippen LogP contribution in [-0.4, -0.2) is 41.6 Å². The Morgan fingerprint density at radius 1 is 0.556 bits per heavy atom. The number of carbonyl (C=O) groups is 3. The summed E-state index contributed by atoms with van der Waals surface area (Å²) >= 11 is 0. The van der Waals surface area contributed by atoms with Gasteiger partial charge in [-0.1, -0.05) is 159 Å². The highest BCUT2D eigenvalue weighted by atomic mass is 16.5. The predicted octanol–water partition coefficient (Wildman–Crippen LogP) is 12.8. The molecule has 0 aromatic rings. The van der Waals surface area contributed by atoms with E-state index in [4.69, 9.17) is 10.5 Å². The average molecular weight is 757 g/mol. The largest absolute Gasteiger partial charge is 0.480 e. The van der Waals surface area contributed by atoms with E-state index in [0.29, 0.717) is 32.2 Å². The van der Waals surface area contributed by atoms with E-state index in [1.807, 2.05) is 0 Å². The van der Waals surface area contributed by atoms with Crippen molar-refractivity contribution in [3.05, 3.63) is 48.6 Å². The van der Waals surface area contributed by atoms with E-state index in [9.17, 15) is 19.5 Å². The van der Waals surface area contributed by atoms with Crippen molar-refractivity contribution in [1.29, 1.82) is 0 Å². The van der Waals surface area contributed by atoms with Gasteiger partial charge in [0, 0.05) is 12.8 Å². The molecule has 0 heterocycles. The number of carboxylic acids is 1. The smallest absolute Gasteiger partial charge is 0.326 e. The zero-order chi connectivity index (χ0) is 39.6. The monoisotopic (exact) mass is 757 g/mol. The Morgan fingerprint density at radius 3 is 1.54 bits per heavy atom. The number of hydrogen-bond acceptors (Lipinski definition) is 5. The second-order valence-electron chi connectivity index (χ2n) is 15.1. The molecule has 0 aliphatic heterocycles. The van der Waals surface area contributed by atoms with Gasteiger partial charge in [0.25, 0.3) is 0 Å². The van der Waals surface area contributed by atoms with Gasteiger partial charge >= 0.3 is 11.9 Å². The minimum atomic E-state index is -1.01. The minimum Gasteiger partial charge on any atom is -0.480 e. The van der Waals surface area contributed by atoms with Crippen molar-refractivity contribution in [2.75, 3.05) is 6.54 Å². The maximum absolute atomic E-state index is 12.7. The lowest BCUT2D eigenvalue weighted by Gasteiger charge is -2.18. The number of aliphatic carboxylic acids is 1. The number of carbonyl (C=O) groups excluding carboxylic acids is 2. The normalized spacial score (nSPS) is 13.1. The predicted molar refractivity (Wildman–Crippen MR) is 230 cm³/mol. The first-order chi connectivity index (χ1) is 26.4. The molecular formula is C47H84N2O5. The van der Waals surface area contributed by atoms with Crippen LogP contribution in [0.15, 0.2) is 48.6 Å². The zero-order valence-electron chi connectivity index (χ0n) is 35.1. The fraction of sp³-hybridized carbons (Fsp3) is 0.766. The van der Waals surface area contributed by atoms with Gasteiger partial charge in [-0.2, -0.15) is 0 Å². The van der Waals surface area contributed by atoms with Gasteiger partial charge in [-0.05, 0) is 96.4 Å². The van der Waals surface area contributed by atoms with Gasteiger partial charge in [0.15, 0.2) is 0 Å². The van der Waals surface area contributed by atoms with Gasteiger partial charge in [-0.25, -0.2) is 4.79 Å². The Hall–Kier alpha value is -2.67. The molecule has 0 saturated carbocycles. The van der Waals surface area contributed by atoms with Gasteiger partial charge in [0.1, 0.15) is 12.1 Å². The van der Waals surface area contributed by atoms with E-state index in [2.05, 4.69) is 67.8 Å². The Bertz CT molecular complexity index is 989. The highest BCUT2D eigenvalue weighted by Gasteiger charge is 2.19. The molecule has 7 heteroatoms. The van der Waals surface area contributed by atoms with Crippen molar-refractivity contribution < 1.29 is 24.2 Å². The van der Waals surface area contributed by atoms with E-state index in [1.54, 1.807) is 0 Å². The van der Waals surface area contributed by atoms with Gasteiger partial charge in [0.05, 0.1) is 0 Å². The van der Waals surface area contributed by atoms with E-state index in [-0.39, 0.29) is 18.0 Å². The topological polar surface area (TPSA) is 119 Å². The van der Waals surface area contributed by atoms with Gasteiger partial charge in [0.2, 0.25) is 5.91 Å². The van der Waals surface area contributed by atoms with Crippen LogP contribution in [-0.2, 0) is 19.1 Å². The number of hydrogen-bond donors (Lipinski definition) is 3. The number of unbranched alkanes of at least 4 members (excludes halogenated alkanes) is 18. The molecule has 0 saturated heterocycles. The van der Waals surface area contributed by atoms with E-state index < -0.39 is 12.0 Å². The molecule has 7 nitrogen and oxygen atoms in total. The number of rotatable bonds is 40. The van der Waals surface area contributed by atoms with Crippen LogP contribution >= 0.6 is 0 Å². The summed E-state index contributed by atoms with van der Waals surface area (Å²) in [5.74, 6) is -1.27. The van der Waals surface area contributed by atoms with Crippen LogP contribution in [0.2, 0.25) is 0 Å². The molecule has 0 aliphatic carbocycles. The zero-order valence-corrected chi connectivity index (χ0v) is 35.1. The maximum Gasteiger partial charge on any atom is 0.326 e. The summed E-state index contributed by atoms with van der Waals surface area (Å²) in [4.78, 5) is 36.3. The molecular weight excluding hydrogens is 673 g/mol. The first-order valence-electron chi connectivity index (χ1n) is 22.5. The molecule has 2 atom stereocenters. The molecule has 54 heavy (non-hydrogen) atoms. The van der Waals surface area contributed by atoms with Crippen LogP contribution in [0.25, 0.3) is 0 Å². The van der Waals surface area contributed by atoms with Crippen molar-refractivity contribution in [2.24, 2.45) is 5.73 Å². The molecule has 0 fully saturated rings. The molecule has 4 N–H and O–H groups in total. The first kappa shape index (κ1) is 51.3. The third-order valence-corrected chi connectivity index (χ3v) is 9.91. The Balaban J connectivity index is 4.02. The Morgan fingerprint density at radius 2 is 1.02 bits per heavy atom. The summed E-state index contributed by atoms with van der Waals surface area (Å²) in [5.41, 5.74) is 5.48. The van der Waals surface area contributed by atoms with Crippen LogP contribution in [0, 0.1) is 0 Å². The molecule has 0 aromatic heterocycles. The van der Waals surface area contributed by atoms with Gasteiger partial charge < -0.3 is 20.9 Å². The highest BCUT2D eigenvalue weighted by molar-refractivity contribution is 5.83. The van der Waals surface area contributed by atoms with Crippen LogP contribution in [0.5, 0.6) is 0 Å². The molecule has 0 bridgehead atoms. The van der Waals surface area contributed by atoms with E-state index in [1.165, 1.54) is 89.9 Å². The summed E-state index contributed by atoms with van der Waals surface area (Å²) in [7, 11) is 0. The molecule has 0 aromatic carbocycles. The molecule has 0 radical (unpaired) electrons. The molecule has 0 spiro atoms. The maximum atomic E-state index is 12.7. The summed E-state index contributed by atoms with van der Waals surface area (Å²) in [6.07, 6.45) is 50.3. The van der Waals surface area contributed by atoms with E-state index >= 15 is 0 Å². The molecule has 0 aliphatic rings. The molecule has 2 unspecified atom stereocenters. The number of carboxylic acid groups (broad SMARTS) is 1. The number of amides is 1. The lowest BCUT2D eigenvalue weighted by molar-refractivity contribution is -0.150. The quantitative estimate of drug-likeness (QED) is 0.0325. The molecule has 1 amide bonds. The van der Waals surface area contributed by atoms with Crippen LogP contribution in [0.4, 0.5) is 0 Å². The van der Waals surface area contributed by atoms with Crippen molar-refractivity contribution in [3.63, 3.8) is 0 Å². The fourth-order valence-electron chi connectivity index (χ4n) is 6.56. The minimum absolute atomic E-state index is 0.0141. The Kier molecular flexibility index (Phi) is 39.4. The number of ether oxygens (including phenoxy) is 1. The number of allylic oxidation sites excluding steroid dienone is 8. The fourth-order valence-corrected chi connectivity index (χ4v) is 6.56. The van der Waals surface area contributed by atoms with Crippen molar-refractivity contribution in [3.8, 4) is 0 Å². The lowest BCUT2D eigenvalue weighted by Crippen LogP contribution is -2.40. The Labute approximate surface area is 332 Å². The van der Waals surface area contributed by atoms with Crippen LogP contribution < -0.4 is 11.1 Å². The summed E-state index contributed by atoms with van der Waals surface area (Å²) in [5, 5.41) is 11.9. The number of nitrogens with two attached hydrogens (primary N) is 1. The summed E-state index contributed by atoms with van der Waals surface area (Å²) in [6, 6.07) is -0.864. The SMILES string of the molecule is CC/C=C\C/C=C\C/C=C\C/C=C\CCCCCCCCCCCCC(=O)OC(CCCCCCCC)CCCCCCC(=O)NC(CCCN)C(=O)O. The molecule has 0 rings (SSSR count). The van der Waals surface area contributed by atoms with E-state index in [0.717, 1.165) is 83.5 Å². The van der Waals surface area contributed by atoms with Gasteiger partial charge in [-0.3, -0.25) is 9.59 Å². The van der Waals surface area contributed by atoms with Crippen molar-refractivity contribution in [2.45, 2.75) is 225 Å². The van der Waals surface area contributed by atoms with Crippen molar-refractivity contribution in [1.82, 2.24) is 5.32 Å².